The van der Waals surface area contributed by atoms with Crippen LogP contribution >= 0.6 is 11.3 Å². The number of hydrogen-bond donors (Lipinski definition) is 3. The van der Waals surface area contributed by atoms with Crippen molar-refractivity contribution in [1.82, 2.24) is 20.2 Å². The van der Waals surface area contributed by atoms with Gasteiger partial charge < -0.3 is 10.6 Å². The van der Waals surface area contributed by atoms with Gasteiger partial charge in [-0.1, -0.05) is 12.1 Å². The molecule has 1 amide bonds. The van der Waals surface area contributed by atoms with Gasteiger partial charge in [0.15, 0.2) is 10.8 Å². The second-order valence-electron chi connectivity index (χ2n) is 9.57. The molecule has 3 N–H and O–H groups in total. The van der Waals surface area contributed by atoms with E-state index in [9.17, 15) is 4.79 Å². The van der Waals surface area contributed by atoms with E-state index < -0.39 is 0 Å². The van der Waals surface area contributed by atoms with Crippen molar-refractivity contribution < 1.29 is 4.79 Å². The third kappa shape index (κ3) is 3.73. The van der Waals surface area contributed by atoms with Crippen molar-refractivity contribution in [3.05, 3.63) is 41.7 Å². The molecule has 0 saturated heterocycles. The minimum atomic E-state index is -0.0609. The Bertz CT molecular complexity index is 1060. The Morgan fingerprint density at radius 3 is 2.48 bits per heavy atom. The Morgan fingerprint density at radius 1 is 1.10 bits per heavy atom. The number of anilines is 2. The van der Waals surface area contributed by atoms with Gasteiger partial charge in [0.2, 0.25) is 5.91 Å². The molecule has 7 rings (SSSR count). The Balaban J connectivity index is 1.15. The Morgan fingerprint density at radius 2 is 1.81 bits per heavy atom. The Kier molecular flexibility index (Phi) is 4.56. The maximum absolute atomic E-state index is 12.8. The summed E-state index contributed by atoms with van der Waals surface area (Å²) in [6.45, 7) is 0. The van der Waals surface area contributed by atoms with E-state index in [1.165, 1.54) is 56.2 Å². The van der Waals surface area contributed by atoms with Crippen LogP contribution in [0.5, 0.6) is 0 Å². The molecule has 4 saturated carbocycles. The summed E-state index contributed by atoms with van der Waals surface area (Å²) < 4.78 is 0. The van der Waals surface area contributed by atoms with Crippen LogP contribution in [0.2, 0.25) is 0 Å². The normalized spacial score (nSPS) is 28.6. The predicted molar refractivity (Wildman–Crippen MR) is 121 cm³/mol. The van der Waals surface area contributed by atoms with Gasteiger partial charge >= 0.3 is 0 Å². The summed E-state index contributed by atoms with van der Waals surface area (Å²) in [6, 6.07) is 8.11. The Labute approximate surface area is 185 Å². The summed E-state index contributed by atoms with van der Waals surface area (Å²) in [5, 5.41) is 16.3. The summed E-state index contributed by atoms with van der Waals surface area (Å²) in [7, 11) is 0. The highest BCUT2D eigenvalue weighted by molar-refractivity contribution is 7.13. The van der Waals surface area contributed by atoms with E-state index in [4.69, 9.17) is 0 Å². The first-order chi connectivity index (χ1) is 15.1. The molecule has 0 spiro atoms. The van der Waals surface area contributed by atoms with Crippen LogP contribution in [0, 0.1) is 17.8 Å². The lowest BCUT2D eigenvalue weighted by Gasteiger charge is -2.57. The van der Waals surface area contributed by atoms with E-state index in [1.807, 2.05) is 23.6 Å². The summed E-state index contributed by atoms with van der Waals surface area (Å²) in [6.07, 6.45) is 9.75. The highest BCUT2D eigenvalue weighted by Crippen LogP contribution is 2.56. The molecule has 7 nitrogen and oxygen atoms in total. The highest BCUT2D eigenvalue weighted by atomic mass is 32.1. The topological polar surface area (TPSA) is 95.6 Å². The van der Waals surface area contributed by atoms with Crippen molar-refractivity contribution in [1.29, 1.82) is 0 Å². The molecule has 1 aromatic carbocycles. The van der Waals surface area contributed by atoms with Gasteiger partial charge in [-0.3, -0.25) is 9.89 Å². The van der Waals surface area contributed by atoms with Gasteiger partial charge in [0.1, 0.15) is 6.33 Å². The summed E-state index contributed by atoms with van der Waals surface area (Å²) in [5.74, 6) is 3.20. The molecule has 31 heavy (non-hydrogen) atoms. The van der Waals surface area contributed by atoms with Crippen LogP contribution in [0.4, 0.5) is 11.4 Å². The van der Waals surface area contributed by atoms with Gasteiger partial charge in [-0.25, -0.2) is 9.97 Å². The number of aromatic amines is 1. The first-order valence-corrected chi connectivity index (χ1v) is 12.0. The lowest BCUT2D eigenvalue weighted by atomic mass is 9.53. The highest BCUT2D eigenvalue weighted by Gasteiger charge is 2.51. The van der Waals surface area contributed by atoms with Crippen molar-refractivity contribution >= 4 is 28.6 Å². The van der Waals surface area contributed by atoms with Crippen LogP contribution in [0.1, 0.15) is 44.2 Å². The molecule has 0 unspecified atom stereocenters. The van der Waals surface area contributed by atoms with Gasteiger partial charge in [0.25, 0.3) is 0 Å². The van der Waals surface area contributed by atoms with Crippen LogP contribution in [0.3, 0.4) is 0 Å². The minimum absolute atomic E-state index is 0.0609. The second kappa shape index (κ2) is 7.44. The van der Waals surface area contributed by atoms with Crippen LogP contribution in [-0.4, -0.2) is 31.6 Å². The fourth-order valence-corrected chi connectivity index (χ4v) is 7.18. The number of nitrogens with one attached hydrogen (secondary N) is 3. The van der Waals surface area contributed by atoms with Gasteiger partial charge in [0, 0.05) is 10.9 Å². The molecule has 0 atom stereocenters. The third-order valence-corrected chi connectivity index (χ3v) is 8.05. The quantitative estimate of drug-likeness (QED) is 0.531. The molecule has 4 aliphatic rings. The summed E-state index contributed by atoms with van der Waals surface area (Å²) >= 11 is 1.46. The summed E-state index contributed by atoms with van der Waals surface area (Å²) in [5.41, 5.74) is 2.84. The monoisotopic (exact) mass is 434 g/mol. The van der Waals surface area contributed by atoms with Crippen molar-refractivity contribution in [2.24, 2.45) is 17.8 Å². The van der Waals surface area contributed by atoms with Crippen LogP contribution < -0.4 is 10.6 Å². The zero-order chi connectivity index (χ0) is 20.8. The molecule has 2 aromatic heterocycles. The molecule has 4 aliphatic carbocycles. The molecule has 8 heteroatoms. The third-order valence-electron chi connectivity index (χ3n) is 7.15. The van der Waals surface area contributed by atoms with Crippen molar-refractivity contribution in [3.63, 3.8) is 0 Å². The van der Waals surface area contributed by atoms with Gasteiger partial charge in [-0.2, -0.15) is 5.10 Å². The van der Waals surface area contributed by atoms with Crippen molar-refractivity contribution in [2.75, 3.05) is 10.6 Å². The summed E-state index contributed by atoms with van der Waals surface area (Å²) in [4.78, 5) is 21.4. The van der Waals surface area contributed by atoms with Crippen LogP contribution in [-0.2, 0) is 11.2 Å². The number of nitrogens with zero attached hydrogens (tertiary/aromatic N) is 3. The van der Waals surface area contributed by atoms with E-state index >= 15 is 0 Å². The molecular formula is C23H26N6OS. The molecule has 3 aromatic rings. The maximum Gasteiger partial charge on any atom is 0.230 e. The Hall–Kier alpha value is -2.74. The fraction of sp³-hybridized carbons (Fsp3) is 0.478. The first-order valence-electron chi connectivity index (χ1n) is 11.1. The SMILES string of the molecule is O=C(Cc1csc(-c2ncn[nH]2)n1)Nc1ccccc1NC12CC3CC(CC(C3)C1)C2. The standard InChI is InChI=1S/C23H26N6OS/c30-20(8-17-12-31-22(26-17)21-24-13-25-29-21)27-18-3-1-2-4-19(18)28-23-9-14-5-15(10-23)7-16(6-14)11-23/h1-4,12-16,28H,5-11H2,(H,27,30)(H,24,25,29). The van der Waals surface area contributed by atoms with Crippen LogP contribution in [0.25, 0.3) is 10.8 Å². The van der Waals surface area contributed by atoms with Crippen LogP contribution in [0.15, 0.2) is 36.0 Å². The molecule has 160 valence electrons. The number of carbonyl (C=O) groups excluding carboxylic acids is 1. The number of thiazole rings is 1. The number of hydrogen-bond acceptors (Lipinski definition) is 6. The van der Waals surface area contributed by atoms with Gasteiger partial charge in [0.05, 0.1) is 23.5 Å². The zero-order valence-electron chi connectivity index (χ0n) is 17.3. The predicted octanol–water partition coefficient (Wildman–Crippen LogP) is 4.49. The number of H-pyrrole nitrogens is 1. The largest absolute Gasteiger partial charge is 0.378 e. The van der Waals surface area contributed by atoms with Crippen molar-refractivity contribution in [2.45, 2.75) is 50.5 Å². The zero-order valence-corrected chi connectivity index (χ0v) is 18.1. The minimum Gasteiger partial charge on any atom is -0.378 e. The lowest BCUT2D eigenvalue weighted by molar-refractivity contribution is -0.115. The first kappa shape index (κ1) is 19.0. The molecule has 4 bridgehead atoms. The van der Waals surface area contributed by atoms with E-state index in [0.29, 0.717) is 5.82 Å². The number of benzene rings is 1. The number of aromatic nitrogens is 4. The fourth-order valence-electron chi connectivity index (χ4n) is 6.41. The number of para-hydroxylation sites is 2. The second-order valence-corrected chi connectivity index (χ2v) is 10.4. The molecule has 2 heterocycles. The number of carbonyl (C=O) groups is 1. The molecule has 0 radical (unpaired) electrons. The van der Waals surface area contributed by atoms with E-state index in [1.54, 1.807) is 0 Å². The van der Waals surface area contributed by atoms with E-state index in [-0.39, 0.29) is 17.9 Å². The van der Waals surface area contributed by atoms with Gasteiger partial charge in [-0.05, 0) is 68.4 Å². The maximum atomic E-state index is 12.8. The molecule has 4 fully saturated rings. The average molecular weight is 435 g/mol. The number of rotatable bonds is 6. The molecule has 0 aliphatic heterocycles. The molecular weight excluding hydrogens is 408 g/mol. The van der Waals surface area contributed by atoms with E-state index in [0.717, 1.165) is 39.8 Å². The van der Waals surface area contributed by atoms with E-state index in [2.05, 4.69) is 36.9 Å². The smallest absolute Gasteiger partial charge is 0.230 e. The van der Waals surface area contributed by atoms with Crippen molar-refractivity contribution in [3.8, 4) is 10.8 Å². The van der Waals surface area contributed by atoms with Gasteiger partial charge in [-0.15, -0.1) is 11.3 Å². The number of amides is 1. The lowest BCUT2D eigenvalue weighted by Crippen LogP contribution is -2.54. The average Bonchev–Trinajstić information content (AvgIpc) is 3.40.